The van der Waals surface area contributed by atoms with Crippen LogP contribution in [0.4, 0.5) is 11.4 Å². The Morgan fingerprint density at radius 1 is 1.53 bits per heavy atom. The molecule has 2 aromatic rings. The highest BCUT2D eigenvalue weighted by Crippen LogP contribution is 2.19. The molecule has 17 heavy (non-hydrogen) atoms. The maximum Gasteiger partial charge on any atom is 0.231 e. The molecule has 1 unspecified atom stereocenters. The summed E-state index contributed by atoms with van der Waals surface area (Å²) in [4.78, 5) is 11.9. The molecule has 1 atom stereocenters. The van der Waals surface area contributed by atoms with E-state index in [-0.39, 0.29) is 11.8 Å². The van der Waals surface area contributed by atoms with E-state index in [1.165, 1.54) is 0 Å². The first-order valence-corrected chi connectivity index (χ1v) is 5.32. The third kappa shape index (κ3) is 2.63. The van der Waals surface area contributed by atoms with Crippen molar-refractivity contribution in [2.75, 3.05) is 11.1 Å². The van der Waals surface area contributed by atoms with Gasteiger partial charge >= 0.3 is 0 Å². The lowest BCUT2D eigenvalue weighted by atomic mass is 10.00. The number of hydrogen-bond donors (Lipinski definition) is 3. The van der Waals surface area contributed by atoms with Crippen molar-refractivity contribution in [3.63, 3.8) is 0 Å². The molecule has 1 aromatic heterocycles. The minimum absolute atomic E-state index is 0.0861. The van der Waals surface area contributed by atoms with Gasteiger partial charge in [0, 0.05) is 11.9 Å². The smallest absolute Gasteiger partial charge is 0.231 e. The molecule has 0 radical (unpaired) electrons. The number of anilines is 2. The molecule has 0 spiro atoms. The summed E-state index contributed by atoms with van der Waals surface area (Å²) in [6, 6.07) is 7.33. The van der Waals surface area contributed by atoms with Gasteiger partial charge in [-0.05, 0) is 24.6 Å². The van der Waals surface area contributed by atoms with Gasteiger partial charge in [-0.25, -0.2) is 0 Å². The second kappa shape index (κ2) is 4.69. The van der Waals surface area contributed by atoms with Crippen molar-refractivity contribution in [1.82, 2.24) is 10.2 Å². The number of carbonyl (C=O) groups is 1. The molecular weight excluding hydrogens is 216 g/mol. The van der Waals surface area contributed by atoms with Gasteiger partial charge in [0.1, 0.15) is 0 Å². The topological polar surface area (TPSA) is 83.8 Å². The first-order chi connectivity index (χ1) is 8.16. The van der Waals surface area contributed by atoms with Gasteiger partial charge in [-0.2, -0.15) is 5.10 Å². The van der Waals surface area contributed by atoms with E-state index in [9.17, 15) is 4.79 Å². The second-order valence-corrected chi connectivity index (χ2v) is 3.87. The molecule has 0 bridgehead atoms. The van der Waals surface area contributed by atoms with E-state index in [2.05, 4.69) is 15.5 Å². The third-order valence-electron chi connectivity index (χ3n) is 2.57. The zero-order valence-electron chi connectivity index (χ0n) is 9.47. The molecule has 0 saturated carbocycles. The summed E-state index contributed by atoms with van der Waals surface area (Å²) in [6.07, 6.45) is 3.19. The Hall–Kier alpha value is -2.30. The fourth-order valence-corrected chi connectivity index (χ4v) is 1.55. The van der Waals surface area contributed by atoms with E-state index >= 15 is 0 Å². The van der Waals surface area contributed by atoms with Gasteiger partial charge in [-0.15, -0.1) is 0 Å². The number of aromatic amines is 1. The van der Waals surface area contributed by atoms with Crippen LogP contribution in [0, 0.1) is 0 Å². The highest BCUT2D eigenvalue weighted by atomic mass is 16.1. The van der Waals surface area contributed by atoms with Crippen molar-refractivity contribution in [1.29, 1.82) is 0 Å². The molecule has 0 aliphatic carbocycles. The van der Waals surface area contributed by atoms with Gasteiger partial charge < -0.3 is 11.1 Å². The molecule has 5 nitrogen and oxygen atoms in total. The van der Waals surface area contributed by atoms with Crippen LogP contribution in [0.15, 0.2) is 36.7 Å². The van der Waals surface area contributed by atoms with Crippen LogP contribution in [0.25, 0.3) is 0 Å². The number of benzene rings is 1. The van der Waals surface area contributed by atoms with E-state index in [4.69, 9.17) is 5.73 Å². The number of rotatable bonds is 3. The highest BCUT2D eigenvalue weighted by Gasteiger charge is 2.15. The van der Waals surface area contributed by atoms with Crippen LogP contribution in [-0.2, 0) is 4.79 Å². The minimum Gasteiger partial charge on any atom is -0.399 e. The molecule has 1 amide bonds. The summed E-state index contributed by atoms with van der Waals surface area (Å²) >= 11 is 0. The molecule has 5 heteroatoms. The first kappa shape index (κ1) is 11.2. The molecule has 4 N–H and O–H groups in total. The average Bonchev–Trinajstić information content (AvgIpc) is 2.80. The Labute approximate surface area is 99.0 Å². The van der Waals surface area contributed by atoms with Crippen molar-refractivity contribution in [2.45, 2.75) is 12.8 Å². The lowest BCUT2D eigenvalue weighted by Crippen LogP contribution is -2.18. The molecule has 1 aromatic carbocycles. The summed E-state index contributed by atoms with van der Waals surface area (Å²) in [5.74, 6) is -0.342. The molecule has 88 valence electrons. The number of nitrogen functional groups attached to an aromatic ring is 1. The van der Waals surface area contributed by atoms with E-state index < -0.39 is 0 Å². The summed E-state index contributed by atoms with van der Waals surface area (Å²) in [5.41, 5.74) is 7.90. The number of nitrogens with zero attached hydrogens (tertiary/aromatic N) is 1. The number of hydrogen-bond acceptors (Lipinski definition) is 3. The summed E-state index contributed by atoms with van der Waals surface area (Å²) in [5, 5.41) is 9.17. The lowest BCUT2D eigenvalue weighted by molar-refractivity contribution is -0.117. The minimum atomic E-state index is -0.256. The molecule has 0 fully saturated rings. The molecule has 0 saturated heterocycles. The number of carbonyl (C=O) groups excluding carboxylic acids is 1. The molecule has 2 rings (SSSR count). The Balaban J connectivity index is 2.09. The third-order valence-corrected chi connectivity index (χ3v) is 2.57. The number of nitrogens with one attached hydrogen (secondary N) is 2. The number of aromatic nitrogens is 2. The Kier molecular flexibility index (Phi) is 3.09. The zero-order valence-corrected chi connectivity index (χ0v) is 9.47. The average molecular weight is 230 g/mol. The fourth-order valence-electron chi connectivity index (χ4n) is 1.55. The van der Waals surface area contributed by atoms with Crippen LogP contribution >= 0.6 is 0 Å². The number of amides is 1. The van der Waals surface area contributed by atoms with E-state index in [0.717, 1.165) is 5.56 Å². The van der Waals surface area contributed by atoms with Crippen molar-refractivity contribution in [3.05, 3.63) is 42.2 Å². The predicted molar refractivity (Wildman–Crippen MR) is 66.5 cm³/mol. The highest BCUT2D eigenvalue weighted by molar-refractivity contribution is 5.95. The van der Waals surface area contributed by atoms with E-state index in [1.54, 1.807) is 24.5 Å². The molecule has 0 aliphatic rings. The Bertz CT molecular complexity index is 507. The summed E-state index contributed by atoms with van der Waals surface area (Å²) in [7, 11) is 0. The zero-order chi connectivity index (χ0) is 12.3. The van der Waals surface area contributed by atoms with Gasteiger partial charge in [0.15, 0.2) is 0 Å². The molecule has 0 aliphatic heterocycles. The fraction of sp³-hybridized carbons (Fsp3) is 0.167. The Morgan fingerprint density at radius 3 is 3.00 bits per heavy atom. The van der Waals surface area contributed by atoms with Gasteiger partial charge in [-0.3, -0.25) is 9.89 Å². The van der Waals surface area contributed by atoms with Gasteiger partial charge in [0.2, 0.25) is 5.91 Å². The van der Waals surface area contributed by atoms with Crippen molar-refractivity contribution >= 4 is 17.3 Å². The maximum atomic E-state index is 11.9. The number of nitrogens with two attached hydrogens (primary N) is 1. The van der Waals surface area contributed by atoms with E-state index in [1.807, 2.05) is 19.1 Å². The van der Waals surface area contributed by atoms with Crippen LogP contribution in [-0.4, -0.2) is 16.1 Å². The number of H-pyrrole nitrogens is 1. The van der Waals surface area contributed by atoms with Gasteiger partial charge in [-0.1, -0.05) is 12.1 Å². The van der Waals surface area contributed by atoms with Crippen LogP contribution in [0.5, 0.6) is 0 Å². The van der Waals surface area contributed by atoms with Gasteiger partial charge in [0.25, 0.3) is 0 Å². The van der Waals surface area contributed by atoms with Gasteiger partial charge in [0.05, 0.1) is 17.8 Å². The van der Waals surface area contributed by atoms with Crippen molar-refractivity contribution in [2.24, 2.45) is 0 Å². The Morgan fingerprint density at radius 2 is 2.35 bits per heavy atom. The van der Waals surface area contributed by atoms with Crippen LogP contribution in [0.3, 0.4) is 0 Å². The second-order valence-electron chi connectivity index (χ2n) is 3.87. The maximum absolute atomic E-state index is 11.9. The van der Waals surface area contributed by atoms with E-state index in [0.29, 0.717) is 11.4 Å². The largest absolute Gasteiger partial charge is 0.399 e. The monoisotopic (exact) mass is 230 g/mol. The predicted octanol–water partition coefficient (Wildman–Crippen LogP) is 1.73. The lowest BCUT2D eigenvalue weighted by Gasteiger charge is -2.11. The normalized spacial score (nSPS) is 12.1. The quantitative estimate of drug-likeness (QED) is 0.702. The van der Waals surface area contributed by atoms with Crippen LogP contribution in [0.2, 0.25) is 0 Å². The standard InChI is InChI=1S/C12H14N4O/c1-8(9-3-2-4-10(13)5-9)12(17)16-11-6-14-15-7-11/h2-8H,13H2,1H3,(H,14,15)(H,16,17). The van der Waals surface area contributed by atoms with Crippen LogP contribution < -0.4 is 11.1 Å². The first-order valence-electron chi connectivity index (χ1n) is 5.32. The SMILES string of the molecule is CC(C(=O)Nc1cn[nH]c1)c1cccc(N)c1. The summed E-state index contributed by atoms with van der Waals surface area (Å²) in [6.45, 7) is 1.84. The molecule has 1 heterocycles. The summed E-state index contributed by atoms with van der Waals surface area (Å²) < 4.78 is 0. The van der Waals surface area contributed by atoms with Crippen molar-refractivity contribution < 1.29 is 4.79 Å². The van der Waals surface area contributed by atoms with Crippen LogP contribution in [0.1, 0.15) is 18.4 Å². The molecular formula is C12H14N4O. The van der Waals surface area contributed by atoms with Crippen molar-refractivity contribution in [3.8, 4) is 0 Å².